The maximum absolute atomic E-state index is 14.5. The van der Waals surface area contributed by atoms with Gasteiger partial charge in [-0.25, -0.2) is 9.18 Å². The number of cyclic esters (lactones) is 1. The largest absolute Gasteiger partial charge is 0.480 e. The molecule has 2 aliphatic heterocycles. The van der Waals surface area contributed by atoms with Crippen molar-refractivity contribution < 1.29 is 28.6 Å². The molecule has 140 valence electrons. The summed E-state index contributed by atoms with van der Waals surface area (Å²) >= 11 is 0. The molecule has 1 aromatic rings. The Hall–Kier alpha value is -2.68. The molecule has 1 atom stereocenters. The SMILES string of the molecule is CC(=O)NCC1CN(c2ccc(C3CN(CC(=O)O)C3)c(F)c2)C(=O)O1. The number of carbonyl (C=O) groups excluding carboxylic acids is 2. The number of likely N-dealkylation sites (tertiary alicyclic amines) is 1. The number of hydrogen-bond acceptors (Lipinski definition) is 5. The van der Waals surface area contributed by atoms with Crippen molar-refractivity contribution in [3.63, 3.8) is 0 Å². The first-order valence-corrected chi connectivity index (χ1v) is 8.29. The molecule has 2 aliphatic rings. The molecule has 0 bridgehead atoms. The van der Waals surface area contributed by atoms with Crippen molar-refractivity contribution in [3.05, 3.63) is 29.6 Å². The van der Waals surface area contributed by atoms with Crippen molar-refractivity contribution in [2.75, 3.05) is 37.6 Å². The first kappa shape index (κ1) is 18.1. The topological polar surface area (TPSA) is 99.2 Å². The summed E-state index contributed by atoms with van der Waals surface area (Å²) in [7, 11) is 0. The first-order valence-electron chi connectivity index (χ1n) is 8.29. The molecule has 9 heteroatoms. The highest BCUT2D eigenvalue weighted by Crippen LogP contribution is 2.31. The smallest absolute Gasteiger partial charge is 0.414 e. The normalized spacial score (nSPS) is 20.6. The van der Waals surface area contributed by atoms with Crippen LogP contribution in [0.2, 0.25) is 0 Å². The third-order valence-electron chi connectivity index (χ3n) is 4.50. The van der Waals surface area contributed by atoms with Crippen LogP contribution >= 0.6 is 0 Å². The average Bonchev–Trinajstić information content (AvgIpc) is 2.90. The van der Waals surface area contributed by atoms with E-state index in [1.807, 2.05) is 0 Å². The third kappa shape index (κ3) is 3.93. The number of anilines is 1. The van der Waals surface area contributed by atoms with Gasteiger partial charge < -0.3 is 15.2 Å². The average molecular weight is 365 g/mol. The molecule has 2 saturated heterocycles. The maximum atomic E-state index is 14.5. The van der Waals surface area contributed by atoms with Gasteiger partial charge in [0.15, 0.2) is 0 Å². The van der Waals surface area contributed by atoms with Crippen LogP contribution in [0, 0.1) is 5.82 Å². The van der Waals surface area contributed by atoms with Gasteiger partial charge in [-0.1, -0.05) is 6.07 Å². The van der Waals surface area contributed by atoms with Gasteiger partial charge in [0.1, 0.15) is 11.9 Å². The molecule has 0 spiro atoms. The number of halogens is 1. The van der Waals surface area contributed by atoms with Crippen molar-refractivity contribution in [3.8, 4) is 0 Å². The quantitative estimate of drug-likeness (QED) is 0.773. The molecule has 2 heterocycles. The number of benzene rings is 1. The number of aliphatic carboxylic acids is 1. The van der Waals surface area contributed by atoms with E-state index in [2.05, 4.69) is 5.32 Å². The minimum atomic E-state index is -0.902. The van der Waals surface area contributed by atoms with Crippen LogP contribution in [0.5, 0.6) is 0 Å². The van der Waals surface area contributed by atoms with Crippen LogP contribution < -0.4 is 10.2 Å². The van der Waals surface area contributed by atoms with Crippen LogP contribution in [-0.2, 0) is 14.3 Å². The summed E-state index contributed by atoms with van der Waals surface area (Å²) in [5, 5.41) is 11.3. The van der Waals surface area contributed by atoms with E-state index in [-0.39, 0.29) is 31.5 Å². The summed E-state index contributed by atoms with van der Waals surface area (Å²) in [6.45, 7) is 2.75. The van der Waals surface area contributed by atoms with Crippen LogP contribution in [-0.4, -0.2) is 66.8 Å². The Bertz CT molecular complexity index is 735. The fourth-order valence-electron chi connectivity index (χ4n) is 3.20. The second-order valence-electron chi connectivity index (χ2n) is 6.54. The summed E-state index contributed by atoms with van der Waals surface area (Å²) in [5.74, 6) is -1.60. The second-order valence-corrected chi connectivity index (χ2v) is 6.54. The molecule has 2 N–H and O–H groups in total. The number of rotatable bonds is 6. The Labute approximate surface area is 149 Å². The second kappa shape index (κ2) is 7.28. The molecule has 0 aliphatic carbocycles. The molecule has 2 amide bonds. The fraction of sp³-hybridized carbons (Fsp3) is 0.471. The number of amides is 2. The lowest BCUT2D eigenvalue weighted by Crippen LogP contribution is -2.47. The summed E-state index contributed by atoms with van der Waals surface area (Å²) in [5.41, 5.74) is 0.904. The molecule has 0 aromatic heterocycles. The number of nitrogens with one attached hydrogen (secondary N) is 1. The zero-order chi connectivity index (χ0) is 18.8. The van der Waals surface area contributed by atoms with Gasteiger partial charge in [-0.3, -0.25) is 19.4 Å². The molecule has 8 nitrogen and oxygen atoms in total. The van der Waals surface area contributed by atoms with E-state index < -0.39 is 24.0 Å². The molecule has 26 heavy (non-hydrogen) atoms. The van der Waals surface area contributed by atoms with Crippen molar-refractivity contribution in [2.45, 2.75) is 18.9 Å². The lowest BCUT2D eigenvalue weighted by molar-refractivity contribution is -0.139. The Balaban J connectivity index is 1.62. The molecule has 3 rings (SSSR count). The van der Waals surface area contributed by atoms with E-state index in [1.165, 1.54) is 17.9 Å². The fourth-order valence-corrected chi connectivity index (χ4v) is 3.20. The number of hydrogen-bond donors (Lipinski definition) is 2. The molecule has 0 radical (unpaired) electrons. The number of nitrogens with zero attached hydrogens (tertiary/aromatic N) is 2. The maximum Gasteiger partial charge on any atom is 0.414 e. The lowest BCUT2D eigenvalue weighted by atomic mass is 9.91. The van der Waals surface area contributed by atoms with E-state index >= 15 is 0 Å². The van der Waals surface area contributed by atoms with E-state index in [0.29, 0.717) is 24.3 Å². The van der Waals surface area contributed by atoms with Crippen molar-refractivity contribution in [1.29, 1.82) is 0 Å². The molecule has 2 fully saturated rings. The van der Waals surface area contributed by atoms with Gasteiger partial charge in [-0.05, 0) is 17.7 Å². The minimum Gasteiger partial charge on any atom is -0.480 e. The lowest BCUT2D eigenvalue weighted by Gasteiger charge is -2.38. The summed E-state index contributed by atoms with van der Waals surface area (Å²) in [4.78, 5) is 36.6. The Morgan fingerprint density at radius 1 is 1.35 bits per heavy atom. The van der Waals surface area contributed by atoms with Crippen molar-refractivity contribution in [1.82, 2.24) is 10.2 Å². The number of ether oxygens (including phenoxy) is 1. The van der Waals surface area contributed by atoms with Gasteiger partial charge in [0.25, 0.3) is 0 Å². The van der Waals surface area contributed by atoms with E-state index in [1.54, 1.807) is 17.0 Å². The highest BCUT2D eigenvalue weighted by atomic mass is 19.1. The molecular formula is C17H20FN3O5. The highest BCUT2D eigenvalue weighted by molar-refractivity contribution is 5.89. The Morgan fingerprint density at radius 3 is 2.69 bits per heavy atom. The zero-order valence-electron chi connectivity index (χ0n) is 14.3. The predicted octanol–water partition coefficient (Wildman–Crippen LogP) is 0.771. The summed E-state index contributed by atoms with van der Waals surface area (Å²) < 4.78 is 19.6. The predicted molar refractivity (Wildman–Crippen MR) is 89.5 cm³/mol. The van der Waals surface area contributed by atoms with Gasteiger partial charge in [0.2, 0.25) is 5.91 Å². The van der Waals surface area contributed by atoms with Crippen LogP contribution in [0.15, 0.2) is 18.2 Å². The Kier molecular flexibility index (Phi) is 5.08. The first-order chi connectivity index (χ1) is 12.3. The van der Waals surface area contributed by atoms with Crippen LogP contribution in [0.3, 0.4) is 0 Å². The van der Waals surface area contributed by atoms with Gasteiger partial charge >= 0.3 is 12.1 Å². The molecule has 1 unspecified atom stereocenters. The molecular weight excluding hydrogens is 345 g/mol. The van der Waals surface area contributed by atoms with Gasteiger partial charge in [-0.2, -0.15) is 0 Å². The van der Waals surface area contributed by atoms with E-state index in [0.717, 1.165) is 0 Å². The van der Waals surface area contributed by atoms with Crippen LogP contribution in [0.25, 0.3) is 0 Å². The number of carboxylic acids is 1. The van der Waals surface area contributed by atoms with E-state index in [9.17, 15) is 18.8 Å². The summed E-state index contributed by atoms with van der Waals surface area (Å²) in [6, 6.07) is 4.57. The van der Waals surface area contributed by atoms with E-state index in [4.69, 9.17) is 9.84 Å². The standard InChI is InChI=1S/C17H20FN3O5/c1-10(22)19-5-13-8-21(17(25)26-13)12-2-3-14(15(18)4-12)11-6-20(7-11)9-16(23)24/h2-4,11,13H,5-9H2,1H3,(H,19,22)(H,23,24). The number of carboxylic acid groups (broad SMARTS) is 1. The Morgan fingerprint density at radius 2 is 2.08 bits per heavy atom. The van der Waals surface area contributed by atoms with Crippen molar-refractivity contribution in [2.24, 2.45) is 0 Å². The molecule has 0 saturated carbocycles. The zero-order valence-corrected chi connectivity index (χ0v) is 14.3. The minimum absolute atomic E-state index is 0.0501. The van der Waals surface area contributed by atoms with Gasteiger partial charge in [0, 0.05) is 25.9 Å². The third-order valence-corrected chi connectivity index (χ3v) is 4.50. The monoisotopic (exact) mass is 365 g/mol. The van der Waals surface area contributed by atoms with Crippen LogP contribution in [0.4, 0.5) is 14.9 Å². The number of carbonyl (C=O) groups is 3. The molecule has 1 aromatic carbocycles. The van der Waals surface area contributed by atoms with Crippen molar-refractivity contribution >= 4 is 23.7 Å². The van der Waals surface area contributed by atoms with Gasteiger partial charge in [-0.15, -0.1) is 0 Å². The highest BCUT2D eigenvalue weighted by Gasteiger charge is 2.34. The van der Waals surface area contributed by atoms with Gasteiger partial charge in [0.05, 0.1) is 25.3 Å². The summed E-state index contributed by atoms with van der Waals surface area (Å²) in [6.07, 6.45) is -1.06. The van der Waals surface area contributed by atoms with Crippen LogP contribution in [0.1, 0.15) is 18.4 Å².